The molecule has 5 heteroatoms. The molecule has 0 N–H and O–H groups in total. The zero-order chi connectivity index (χ0) is 15.4. The third-order valence-electron chi connectivity index (χ3n) is 3.02. The fourth-order valence-corrected chi connectivity index (χ4v) is 2.09. The normalized spacial score (nSPS) is 10.3. The van der Waals surface area contributed by atoms with Crippen LogP contribution in [-0.2, 0) is 4.74 Å². The zero-order valence-corrected chi connectivity index (χ0v) is 12.6. The Kier molecular flexibility index (Phi) is 4.52. The van der Waals surface area contributed by atoms with Crippen LogP contribution in [0.15, 0.2) is 24.3 Å². The number of nitrogens with zero attached hydrogens (tertiary/aromatic N) is 2. The monoisotopic (exact) mass is 286 g/mol. The molecule has 0 saturated heterocycles. The van der Waals surface area contributed by atoms with E-state index in [1.54, 1.807) is 13.8 Å². The molecule has 0 unspecified atom stereocenters. The van der Waals surface area contributed by atoms with Crippen LogP contribution in [0.1, 0.15) is 28.5 Å². The molecule has 0 atom stereocenters. The molecule has 1 aromatic heterocycles. The quantitative estimate of drug-likeness (QED) is 0.809. The molecule has 0 saturated carbocycles. The van der Waals surface area contributed by atoms with E-state index in [1.807, 2.05) is 31.2 Å². The average molecular weight is 286 g/mol. The van der Waals surface area contributed by atoms with Crippen LogP contribution in [-0.4, -0.2) is 29.7 Å². The van der Waals surface area contributed by atoms with Crippen LogP contribution in [0.25, 0.3) is 11.3 Å². The molecule has 0 radical (unpaired) electrons. The van der Waals surface area contributed by atoms with Gasteiger partial charge in [-0.15, -0.1) is 0 Å². The van der Waals surface area contributed by atoms with Crippen molar-refractivity contribution < 1.29 is 14.3 Å². The first kappa shape index (κ1) is 15.0. The summed E-state index contributed by atoms with van der Waals surface area (Å²) in [6.07, 6.45) is 0. The molecule has 0 aliphatic heterocycles. The Labute approximate surface area is 124 Å². The number of carbonyl (C=O) groups excluding carboxylic acids is 1. The lowest BCUT2D eigenvalue weighted by Crippen LogP contribution is -2.12. The molecule has 0 amide bonds. The minimum absolute atomic E-state index is 0.233. The van der Waals surface area contributed by atoms with Crippen LogP contribution in [0.2, 0.25) is 0 Å². The molecule has 0 spiro atoms. The third-order valence-corrected chi connectivity index (χ3v) is 3.02. The number of rotatable bonds is 4. The Hall–Kier alpha value is -2.43. The topological polar surface area (TPSA) is 61.3 Å². The fourth-order valence-electron chi connectivity index (χ4n) is 2.09. The molecule has 110 valence electrons. The van der Waals surface area contributed by atoms with Crippen molar-refractivity contribution in [1.29, 1.82) is 0 Å². The lowest BCUT2D eigenvalue weighted by atomic mass is 10.0. The predicted molar refractivity (Wildman–Crippen MR) is 79.5 cm³/mol. The van der Waals surface area contributed by atoms with Crippen LogP contribution in [0.5, 0.6) is 6.01 Å². The predicted octanol–water partition coefficient (Wildman–Crippen LogP) is 2.95. The Morgan fingerprint density at radius 1 is 1.24 bits per heavy atom. The summed E-state index contributed by atoms with van der Waals surface area (Å²) in [5, 5.41) is 0. The number of hydrogen-bond acceptors (Lipinski definition) is 5. The van der Waals surface area contributed by atoms with E-state index in [9.17, 15) is 4.79 Å². The zero-order valence-electron chi connectivity index (χ0n) is 12.6. The van der Waals surface area contributed by atoms with Gasteiger partial charge in [-0.2, -0.15) is 9.97 Å². The Morgan fingerprint density at radius 3 is 2.62 bits per heavy atom. The van der Waals surface area contributed by atoms with Gasteiger partial charge in [0.2, 0.25) is 0 Å². The minimum atomic E-state index is -0.422. The standard InChI is InChI=1S/C16H18N2O3/c1-5-21-15(19)13-11(3)17-16(20-4)18-14(13)12-8-6-7-10(2)9-12/h6-9H,5H2,1-4H3. The van der Waals surface area contributed by atoms with Gasteiger partial charge in [0, 0.05) is 5.56 Å². The maximum Gasteiger partial charge on any atom is 0.342 e. The Balaban J connectivity index is 2.66. The number of hydrogen-bond donors (Lipinski definition) is 0. The van der Waals surface area contributed by atoms with Gasteiger partial charge in [0.15, 0.2) is 0 Å². The van der Waals surface area contributed by atoms with Crippen molar-refractivity contribution >= 4 is 5.97 Å². The van der Waals surface area contributed by atoms with Crippen LogP contribution in [0.3, 0.4) is 0 Å². The summed E-state index contributed by atoms with van der Waals surface area (Å²) in [6.45, 7) is 5.80. The van der Waals surface area contributed by atoms with E-state index in [1.165, 1.54) is 7.11 Å². The highest BCUT2D eigenvalue weighted by molar-refractivity contribution is 5.97. The summed E-state index contributed by atoms with van der Waals surface area (Å²) in [5.74, 6) is -0.422. The van der Waals surface area contributed by atoms with Crippen molar-refractivity contribution in [3.63, 3.8) is 0 Å². The van der Waals surface area contributed by atoms with Crippen molar-refractivity contribution in [2.24, 2.45) is 0 Å². The van der Waals surface area contributed by atoms with Gasteiger partial charge < -0.3 is 9.47 Å². The first-order chi connectivity index (χ1) is 10.1. The molecular formula is C16H18N2O3. The summed E-state index contributed by atoms with van der Waals surface area (Å²) in [7, 11) is 1.50. The molecule has 1 heterocycles. The second-order valence-corrected chi connectivity index (χ2v) is 4.61. The Morgan fingerprint density at radius 2 is 2.00 bits per heavy atom. The second-order valence-electron chi connectivity index (χ2n) is 4.61. The number of carbonyl (C=O) groups is 1. The van der Waals surface area contributed by atoms with Crippen LogP contribution >= 0.6 is 0 Å². The molecule has 5 nitrogen and oxygen atoms in total. The summed E-state index contributed by atoms with van der Waals surface area (Å²) in [5.41, 5.74) is 3.36. The minimum Gasteiger partial charge on any atom is -0.467 e. The first-order valence-electron chi connectivity index (χ1n) is 6.73. The number of benzene rings is 1. The highest BCUT2D eigenvalue weighted by Crippen LogP contribution is 2.27. The molecular weight excluding hydrogens is 268 g/mol. The van der Waals surface area contributed by atoms with Gasteiger partial charge in [-0.25, -0.2) is 4.79 Å². The van der Waals surface area contributed by atoms with Gasteiger partial charge in [-0.1, -0.05) is 23.8 Å². The molecule has 2 rings (SSSR count). The van der Waals surface area contributed by atoms with E-state index in [-0.39, 0.29) is 6.01 Å². The van der Waals surface area contributed by atoms with Crippen molar-refractivity contribution in [1.82, 2.24) is 9.97 Å². The maximum absolute atomic E-state index is 12.2. The van der Waals surface area contributed by atoms with Crippen molar-refractivity contribution in [3.05, 3.63) is 41.1 Å². The first-order valence-corrected chi connectivity index (χ1v) is 6.73. The molecule has 0 bridgehead atoms. The van der Waals surface area contributed by atoms with Gasteiger partial charge in [0.1, 0.15) is 5.56 Å². The lowest BCUT2D eigenvalue weighted by Gasteiger charge is -2.12. The SMILES string of the molecule is CCOC(=O)c1c(C)nc(OC)nc1-c1cccc(C)c1. The van der Waals surface area contributed by atoms with Crippen LogP contribution in [0.4, 0.5) is 0 Å². The third kappa shape index (κ3) is 3.18. The van der Waals surface area contributed by atoms with Crippen molar-refractivity contribution in [2.75, 3.05) is 13.7 Å². The van der Waals surface area contributed by atoms with E-state index in [0.717, 1.165) is 11.1 Å². The molecule has 0 fully saturated rings. The van der Waals surface area contributed by atoms with Gasteiger partial charge in [0.25, 0.3) is 0 Å². The number of aryl methyl sites for hydroxylation is 2. The number of ether oxygens (including phenoxy) is 2. The summed E-state index contributed by atoms with van der Waals surface area (Å²) < 4.78 is 10.2. The molecule has 2 aromatic rings. The summed E-state index contributed by atoms with van der Waals surface area (Å²) in [6, 6.07) is 8.00. The smallest absolute Gasteiger partial charge is 0.342 e. The number of esters is 1. The van der Waals surface area contributed by atoms with E-state index >= 15 is 0 Å². The van der Waals surface area contributed by atoms with E-state index in [2.05, 4.69) is 9.97 Å². The number of aromatic nitrogens is 2. The van der Waals surface area contributed by atoms with Gasteiger partial charge in [0.05, 0.1) is 25.1 Å². The second kappa shape index (κ2) is 6.35. The van der Waals surface area contributed by atoms with Crippen LogP contribution in [0, 0.1) is 13.8 Å². The van der Waals surface area contributed by atoms with Gasteiger partial charge in [-0.3, -0.25) is 0 Å². The largest absolute Gasteiger partial charge is 0.467 e. The lowest BCUT2D eigenvalue weighted by molar-refractivity contribution is 0.0525. The highest BCUT2D eigenvalue weighted by Gasteiger charge is 2.21. The summed E-state index contributed by atoms with van der Waals surface area (Å²) in [4.78, 5) is 20.7. The number of methoxy groups -OCH3 is 1. The van der Waals surface area contributed by atoms with E-state index in [4.69, 9.17) is 9.47 Å². The van der Waals surface area contributed by atoms with Crippen LogP contribution < -0.4 is 4.74 Å². The maximum atomic E-state index is 12.2. The van der Waals surface area contributed by atoms with Gasteiger partial charge in [-0.05, 0) is 26.8 Å². The van der Waals surface area contributed by atoms with Crippen molar-refractivity contribution in [2.45, 2.75) is 20.8 Å². The van der Waals surface area contributed by atoms with E-state index < -0.39 is 5.97 Å². The molecule has 21 heavy (non-hydrogen) atoms. The molecule has 0 aliphatic rings. The molecule has 1 aromatic carbocycles. The van der Waals surface area contributed by atoms with Gasteiger partial charge >= 0.3 is 12.0 Å². The average Bonchev–Trinajstić information content (AvgIpc) is 2.46. The highest BCUT2D eigenvalue weighted by atomic mass is 16.5. The van der Waals surface area contributed by atoms with Crippen molar-refractivity contribution in [3.8, 4) is 17.3 Å². The Bertz CT molecular complexity index is 669. The summed E-state index contributed by atoms with van der Waals surface area (Å²) >= 11 is 0. The van der Waals surface area contributed by atoms with E-state index in [0.29, 0.717) is 23.6 Å². The molecule has 0 aliphatic carbocycles. The fraction of sp³-hybridized carbons (Fsp3) is 0.312.